The fourth-order valence-electron chi connectivity index (χ4n) is 3.14. The van der Waals surface area contributed by atoms with E-state index in [0.29, 0.717) is 5.92 Å². The number of hydrogen-bond donors (Lipinski definition) is 1. The maximum Gasteiger partial charge on any atom is 0.124 e. The van der Waals surface area contributed by atoms with Crippen molar-refractivity contribution in [2.24, 2.45) is 16.6 Å². The Morgan fingerprint density at radius 2 is 1.89 bits per heavy atom. The molecule has 1 aromatic rings. The van der Waals surface area contributed by atoms with Crippen LogP contribution in [0.5, 0.6) is 5.75 Å². The monoisotopic (exact) mass is 258 g/mol. The van der Waals surface area contributed by atoms with Gasteiger partial charge in [-0.15, -0.1) is 0 Å². The highest BCUT2D eigenvalue weighted by Crippen LogP contribution is 2.35. The van der Waals surface area contributed by atoms with Crippen LogP contribution < -0.4 is 10.5 Å². The van der Waals surface area contributed by atoms with Crippen LogP contribution in [-0.2, 0) is 0 Å². The van der Waals surface area contributed by atoms with Gasteiger partial charge in [-0.3, -0.25) is 4.99 Å². The van der Waals surface area contributed by atoms with E-state index in [2.05, 4.69) is 6.07 Å². The Morgan fingerprint density at radius 3 is 2.74 bits per heavy atom. The molecule has 1 aliphatic carbocycles. The van der Waals surface area contributed by atoms with Crippen LogP contribution in [-0.4, -0.2) is 12.4 Å². The van der Waals surface area contributed by atoms with Crippen LogP contribution >= 0.6 is 0 Å². The second kappa shape index (κ2) is 5.64. The lowest BCUT2D eigenvalue weighted by molar-refractivity contribution is 0.269. The minimum absolute atomic E-state index is 0.187. The summed E-state index contributed by atoms with van der Waals surface area (Å²) in [6.07, 6.45) is 7.30. The fraction of sp³-hybridized carbons (Fsp3) is 0.562. The molecule has 1 unspecified atom stereocenters. The zero-order valence-corrected chi connectivity index (χ0v) is 11.3. The summed E-state index contributed by atoms with van der Waals surface area (Å²) < 4.78 is 5.67. The van der Waals surface area contributed by atoms with Gasteiger partial charge in [-0.1, -0.05) is 37.5 Å². The molecule has 3 nitrogen and oxygen atoms in total. The van der Waals surface area contributed by atoms with Gasteiger partial charge in [0.1, 0.15) is 5.75 Å². The van der Waals surface area contributed by atoms with Crippen LogP contribution in [0.25, 0.3) is 0 Å². The molecular weight excluding hydrogens is 236 g/mol. The summed E-state index contributed by atoms with van der Waals surface area (Å²) in [4.78, 5) is 4.82. The van der Waals surface area contributed by atoms with Gasteiger partial charge in [0.15, 0.2) is 0 Å². The van der Waals surface area contributed by atoms with Gasteiger partial charge in [0.25, 0.3) is 0 Å². The van der Waals surface area contributed by atoms with Crippen LogP contribution in [0.1, 0.15) is 50.1 Å². The Labute approximate surface area is 114 Å². The molecule has 102 valence electrons. The van der Waals surface area contributed by atoms with E-state index in [1.165, 1.54) is 37.7 Å². The molecule has 1 saturated carbocycles. The number of para-hydroxylation sites is 1. The first-order valence-corrected chi connectivity index (χ1v) is 7.39. The zero-order valence-electron chi connectivity index (χ0n) is 11.3. The van der Waals surface area contributed by atoms with Crippen molar-refractivity contribution in [2.75, 3.05) is 6.61 Å². The molecule has 1 fully saturated rings. The molecule has 1 aromatic carbocycles. The van der Waals surface area contributed by atoms with Crippen molar-refractivity contribution in [3.05, 3.63) is 29.8 Å². The summed E-state index contributed by atoms with van der Waals surface area (Å²) in [7, 11) is 0. The molecule has 1 aliphatic heterocycles. The van der Waals surface area contributed by atoms with E-state index in [0.717, 1.165) is 24.6 Å². The van der Waals surface area contributed by atoms with E-state index >= 15 is 0 Å². The Kier molecular flexibility index (Phi) is 3.72. The van der Waals surface area contributed by atoms with Gasteiger partial charge in [0.2, 0.25) is 0 Å². The smallest absolute Gasteiger partial charge is 0.124 e. The Balaban J connectivity index is 1.79. The summed E-state index contributed by atoms with van der Waals surface area (Å²) in [5.74, 6) is 2.34. The highest BCUT2D eigenvalue weighted by Gasteiger charge is 2.23. The largest absolute Gasteiger partial charge is 0.493 e. The molecule has 1 heterocycles. The quantitative estimate of drug-likeness (QED) is 0.652. The lowest BCUT2D eigenvalue weighted by Crippen LogP contribution is -2.27. The van der Waals surface area contributed by atoms with Crippen LogP contribution in [0.15, 0.2) is 29.3 Å². The maximum absolute atomic E-state index is 6.25. The highest BCUT2D eigenvalue weighted by molar-refractivity contribution is 5.83. The van der Waals surface area contributed by atoms with Crippen molar-refractivity contribution in [1.82, 2.24) is 0 Å². The first-order chi connectivity index (χ1) is 9.34. The molecule has 0 radical (unpaired) electrons. The highest BCUT2D eigenvalue weighted by atomic mass is 16.5. The molecule has 0 bridgehead atoms. The molecule has 0 spiro atoms. The van der Waals surface area contributed by atoms with E-state index in [4.69, 9.17) is 15.5 Å². The van der Waals surface area contributed by atoms with E-state index < -0.39 is 0 Å². The number of nitrogens with two attached hydrogens (primary N) is 1. The molecule has 0 aromatic heterocycles. The van der Waals surface area contributed by atoms with Crippen molar-refractivity contribution < 1.29 is 4.74 Å². The van der Waals surface area contributed by atoms with Gasteiger partial charge >= 0.3 is 0 Å². The molecule has 3 heteroatoms. The van der Waals surface area contributed by atoms with Crippen molar-refractivity contribution in [3.63, 3.8) is 0 Å². The van der Waals surface area contributed by atoms with E-state index in [1.54, 1.807) is 0 Å². The molecule has 0 saturated heterocycles. The molecular formula is C16H22N2O. The average molecular weight is 258 g/mol. The predicted molar refractivity (Wildman–Crippen MR) is 77.5 cm³/mol. The first kappa shape index (κ1) is 12.5. The summed E-state index contributed by atoms with van der Waals surface area (Å²) in [6, 6.07) is 8.37. The minimum Gasteiger partial charge on any atom is -0.493 e. The Bertz CT molecular complexity index is 464. The molecule has 0 amide bonds. The van der Waals surface area contributed by atoms with E-state index in [-0.39, 0.29) is 6.04 Å². The number of benzene rings is 1. The number of hydrogen-bond acceptors (Lipinski definition) is 2. The van der Waals surface area contributed by atoms with Gasteiger partial charge in [0, 0.05) is 17.9 Å². The molecule has 19 heavy (non-hydrogen) atoms. The van der Waals surface area contributed by atoms with Crippen molar-refractivity contribution >= 4 is 5.84 Å². The third kappa shape index (κ3) is 2.75. The van der Waals surface area contributed by atoms with Gasteiger partial charge < -0.3 is 10.5 Å². The third-order valence-corrected chi connectivity index (χ3v) is 4.26. The zero-order chi connectivity index (χ0) is 13.1. The summed E-state index contributed by atoms with van der Waals surface area (Å²) >= 11 is 0. The summed E-state index contributed by atoms with van der Waals surface area (Å²) in [6.45, 7) is 0.739. The number of rotatable bonds is 2. The minimum atomic E-state index is 0.187. The number of aliphatic imine (C=N–C) groups is 1. The summed E-state index contributed by atoms with van der Waals surface area (Å²) in [5, 5.41) is 0. The Morgan fingerprint density at radius 1 is 1.11 bits per heavy atom. The SMILES string of the molecule is NC(=NC1CCOc2ccccc21)C1CCCCC1. The third-order valence-electron chi connectivity index (χ3n) is 4.26. The molecule has 2 aliphatic rings. The number of amidine groups is 1. The topological polar surface area (TPSA) is 47.6 Å². The predicted octanol–water partition coefficient (Wildman–Crippen LogP) is 3.45. The van der Waals surface area contributed by atoms with Gasteiger partial charge in [-0.25, -0.2) is 0 Å². The van der Waals surface area contributed by atoms with Crippen molar-refractivity contribution in [1.29, 1.82) is 0 Å². The van der Waals surface area contributed by atoms with Crippen LogP contribution in [0, 0.1) is 5.92 Å². The van der Waals surface area contributed by atoms with E-state index in [1.807, 2.05) is 18.2 Å². The van der Waals surface area contributed by atoms with Crippen LogP contribution in [0.3, 0.4) is 0 Å². The lowest BCUT2D eigenvalue weighted by Gasteiger charge is -2.26. The number of nitrogens with zero attached hydrogens (tertiary/aromatic N) is 1. The summed E-state index contributed by atoms with van der Waals surface area (Å²) in [5.41, 5.74) is 7.43. The molecule has 2 N–H and O–H groups in total. The second-order valence-corrected chi connectivity index (χ2v) is 5.58. The fourth-order valence-corrected chi connectivity index (χ4v) is 3.14. The first-order valence-electron chi connectivity index (χ1n) is 7.39. The lowest BCUT2D eigenvalue weighted by atomic mass is 9.88. The molecule has 1 atom stereocenters. The number of fused-ring (bicyclic) bond motifs is 1. The van der Waals surface area contributed by atoms with Gasteiger partial charge in [-0.05, 0) is 18.9 Å². The van der Waals surface area contributed by atoms with Gasteiger partial charge in [0.05, 0.1) is 18.5 Å². The van der Waals surface area contributed by atoms with Crippen LogP contribution in [0.2, 0.25) is 0 Å². The van der Waals surface area contributed by atoms with Crippen LogP contribution in [0.4, 0.5) is 0 Å². The normalized spacial score (nSPS) is 24.6. The standard InChI is InChI=1S/C16H22N2O/c17-16(12-6-2-1-3-7-12)18-14-10-11-19-15-9-5-4-8-13(14)15/h4-5,8-9,12,14H,1-3,6-7,10-11H2,(H2,17,18). The van der Waals surface area contributed by atoms with Crippen molar-refractivity contribution in [3.8, 4) is 5.75 Å². The Hall–Kier alpha value is -1.51. The average Bonchev–Trinajstić information content (AvgIpc) is 2.48. The van der Waals surface area contributed by atoms with Crippen molar-refractivity contribution in [2.45, 2.75) is 44.6 Å². The second-order valence-electron chi connectivity index (χ2n) is 5.58. The van der Waals surface area contributed by atoms with Gasteiger partial charge in [-0.2, -0.15) is 0 Å². The van der Waals surface area contributed by atoms with E-state index in [9.17, 15) is 0 Å². The number of ether oxygens (including phenoxy) is 1. The maximum atomic E-state index is 6.25. The molecule has 3 rings (SSSR count).